The number of hydrogen-bond acceptors (Lipinski definition) is 6. The van der Waals surface area contributed by atoms with Gasteiger partial charge in [-0.3, -0.25) is 9.48 Å². The Morgan fingerprint density at radius 2 is 2.11 bits per heavy atom. The molecule has 9 nitrogen and oxygen atoms in total. The van der Waals surface area contributed by atoms with Gasteiger partial charge in [0.1, 0.15) is 11.4 Å². The maximum atomic E-state index is 12.7. The first-order chi connectivity index (χ1) is 13.5. The first kappa shape index (κ1) is 19.6. The van der Waals surface area contributed by atoms with Crippen LogP contribution in [-0.2, 0) is 11.3 Å². The molecule has 0 saturated heterocycles. The molecule has 9 heteroatoms. The van der Waals surface area contributed by atoms with E-state index in [4.69, 9.17) is 9.47 Å². The summed E-state index contributed by atoms with van der Waals surface area (Å²) in [4.78, 5) is 21.5. The lowest BCUT2D eigenvalue weighted by Crippen LogP contribution is -2.14. The van der Waals surface area contributed by atoms with Gasteiger partial charge in [-0.2, -0.15) is 0 Å². The van der Waals surface area contributed by atoms with Crippen LogP contribution in [0, 0.1) is 0 Å². The van der Waals surface area contributed by atoms with Gasteiger partial charge >= 0.3 is 0 Å². The largest absolute Gasteiger partial charge is 0.479 e. The second-order valence-corrected chi connectivity index (χ2v) is 6.45. The lowest BCUT2D eigenvalue weighted by atomic mass is 10.2. The van der Waals surface area contributed by atoms with Crippen LogP contribution in [0.4, 0.5) is 5.82 Å². The summed E-state index contributed by atoms with van der Waals surface area (Å²) in [7, 11) is 3.09. The standard InChI is InChI=1S/C19H24N6O3/c1-13(2)25-12-20-10-16(25)15-6-5-7-17(21-15)22-18(26)14-11-24(8-9-27-3)23-19(14)28-4/h5-7,10-13H,8-9H2,1-4H3,(H,21,22,26). The maximum absolute atomic E-state index is 12.7. The van der Waals surface area contributed by atoms with Crippen LogP contribution in [-0.4, -0.2) is 51.0 Å². The van der Waals surface area contributed by atoms with Crippen LogP contribution >= 0.6 is 0 Å². The van der Waals surface area contributed by atoms with Crippen molar-refractivity contribution >= 4 is 11.7 Å². The van der Waals surface area contributed by atoms with Crippen LogP contribution < -0.4 is 10.1 Å². The molecular formula is C19H24N6O3. The third-order valence-corrected chi connectivity index (χ3v) is 4.17. The van der Waals surface area contributed by atoms with Crippen molar-refractivity contribution in [2.24, 2.45) is 0 Å². The van der Waals surface area contributed by atoms with Crippen molar-refractivity contribution in [3.05, 3.63) is 42.5 Å². The summed E-state index contributed by atoms with van der Waals surface area (Å²) in [6.07, 6.45) is 5.16. The molecule has 0 aliphatic rings. The number of carbonyl (C=O) groups excluding carboxylic acids is 1. The van der Waals surface area contributed by atoms with Crippen molar-refractivity contribution in [2.45, 2.75) is 26.4 Å². The molecule has 0 aliphatic heterocycles. The molecule has 0 radical (unpaired) electrons. The summed E-state index contributed by atoms with van der Waals surface area (Å²) in [5.41, 5.74) is 1.95. The molecule has 0 aliphatic carbocycles. The number of rotatable bonds is 8. The van der Waals surface area contributed by atoms with E-state index < -0.39 is 0 Å². The third kappa shape index (κ3) is 4.20. The zero-order valence-electron chi connectivity index (χ0n) is 16.4. The molecule has 0 unspecified atom stereocenters. The molecule has 3 aromatic rings. The van der Waals surface area contributed by atoms with Crippen LogP contribution in [0.1, 0.15) is 30.2 Å². The van der Waals surface area contributed by atoms with Gasteiger partial charge in [0, 0.05) is 19.3 Å². The fraction of sp³-hybridized carbons (Fsp3) is 0.368. The Morgan fingerprint density at radius 3 is 2.82 bits per heavy atom. The van der Waals surface area contributed by atoms with E-state index in [2.05, 4.69) is 34.2 Å². The van der Waals surface area contributed by atoms with E-state index in [0.29, 0.717) is 24.5 Å². The molecule has 148 valence electrons. The summed E-state index contributed by atoms with van der Waals surface area (Å²) in [6.45, 7) is 5.15. The summed E-state index contributed by atoms with van der Waals surface area (Å²) < 4.78 is 13.9. The molecule has 3 heterocycles. The van der Waals surface area contributed by atoms with Gasteiger partial charge in [0.05, 0.1) is 44.2 Å². The second kappa shape index (κ2) is 8.66. The lowest BCUT2D eigenvalue weighted by molar-refractivity contribution is 0.102. The monoisotopic (exact) mass is 384 g/mol. The summed E-state index contributed by atoms with van der Waals surface area (Å²) in [5, 5.41) is 7.05. The van der Waals surface area contributed by atoms with Gasteiger partial charge in [-0.15, -0.1) is 5.10 Å². The molecular weight excluding hydrogens is 360 g/mol. The van der Waals surface area contributed by atoms with E-state index in [1.165, 1.54) is 7.11 Å². The number of amides is 1. The Labute approximate surface area is 163 Å². The Bertz CT molecular complexity index is 947. The normalized spacial score (nSPS) is 11.0. The highest BCUT2D eigenvalue weighted by molar-refractivity contribution is 6.05. The topological polar surface area (TPSA) is 96.1 Å². The number of nitrogens with zero attached hydrogens (tertiary/aromatic N) is 5. The van der Waals surface area contributed by atoms with Gasteiger partial charge in [-0.25, -0.2) is 9.97 Å². The fourth-order valence-electron chi connectivity index (χ4n) is 2.75. The second-order valence-electron chi connectivity index (χ2n) is 6.45. The Balaban J connectivity index is 1.82. The lowest BCUT2D eigenvalue weighted by Gasteiger charge is -2.12. The van der Waals surface area contributed by atoms with Gasteiger partial charge in [0.25, 0.3) is 5.91 Å². The number of ether oxygens (including phenoxy) is 2. The summed E-state index contributed by atoms with van der Waals surface area (Å²) in [5.74, 6) is 0.343. The van der Waals surface area contributed by atoms with Gasteiger partial charge < -0.3 is 19.4 Å². The van der Waals surface area contributed by atoms with E-state index in [1.807, 2.05) is 16.7 Å². The number of hydrogen-bond donors (Lipinski definition) is 1. The van der Waals surface area contributed by atoms with Crippen molar-refractivity contribution in [3.8, 4) is 17.3 Å². The van der Waals surface area contributed by atoms with Crippen LogP contribution in [0.2, 0.25) is 0 Å². The molecule has 0 saturated carbocycles. The predicted octanol–water partition coefficient (Wildman–Crippen LogP) is 2.63. The van der Waals surface area contributed by atoms with E-state index in [9.17, 15) is 4.79 Å². The van der Waals surface area contributed by atoms with Crippen molar-refractivity contribution in [2.75, 3.05) is 26.1 Å². The minimum absolute atomic E-state index is 0.250. The highest BCUT2D eigenvalue weighted by Crippen LogP contribution is 2.23. The van der Waals surface area contributed by atoms with E-state index in [-0.39, 0.29) is 17.8 Å². The zero-order chi connectivity index (χ0) is 20.1. The number of methoxy groups -OCH3 is 2. The first-order valence-corrected chi connectivity index (χ1v) is 8.94. The summed E-state index contributed by atoms with van der Waals surface area (Å²) >= 11 is 0. The molecule has 3 rings (SSSR count). The molecule has 28 heavy (non-hydrogen) atoms. The SMILES string of the molecule is COCCn1cc(C(=O)Nc2cccc(-c3cncn3C(C)C)n2)c(OC)n1. The van der Waals surface area contributed by atoms with Crippen molar-refractivity contribution in [1.29, 1.82) is 0 Å². The van der Waals surface area contributed by atoms with E-state index in [0.717, 1.165) is 11.4 Å². The van der Waals surface area contributed by atoms with Crippen LogP contribution in [0.25, 0.3) is 11.4 Å². The maximum Gasteiger partial charge on any atom is 0.263 e. The predicted molar refractivity (Wildman–Crippen MR) is 104 cm³/mol. The fourth-order valence-corrected chi connectivity index (χ4v) is 2.75. The Morgan fingerprint density at radius 1 is 1.29 bits per heavy atom. The Hall–Kier alpha value is -3.20. The Kier molecular flexibility index (Phi) is 6.05. The van der Waals surface area contributed by atoms with Crippen LogP contribution in [0.5, 0.6) is 5.88 Å². The highest BCUT2D eigenvalue weighted by Gasteiger charge is 2.18. The average Bonchev–Trinajstić information content (AvgIpc) is 3.33. The minimum Gasteiger partial charge on any atom is -0.479 e. The zero-order valence-corrected chi connectivity index (χ0v) is 16.4. The molecule has 1 N–H and O–H groups in total. The first-order valence-electron chi connectivity index (χ1n) is 8.94. The van der Waals surface area contributed by atoms with Crippen LogP contribution in [0.3, 0.4) is 0 Å². The van der Waals surface area contributed by atoms with Gasteiger partial charge in [-0.05, 0) is 26.0 Å². The number of nitrogens with one attached hydrogen (secondary N) is 1. The van der Waals surface area contributed by atoms with E-state index in [1.54, 1.807) is 36.6 Å². The molecule has 0 atom stereocenters. The van der Waals surface area contributed by atoms with Gasteiger partial charge in [-0.1, -0.05) is 6.07 Å². The minimum atomic E-state index is -0.345. The number of anilines is 1. The molecule has 0 fully saturated rings. The smallest absolute Gasteiger partial charge is 0.263 e. The molecule has 3 aromatic heterocycles. The van der Waals surface area contributed by atoms with Crippen molar-refractivity contribution in [1.82, 2.24) is 24.3 Å². The summed E-state index contributed by atoms with van der Waals surface area (Å²) in [6, 6.07) is 5.71. The highest BCUT2D eigenvalue weighted by atomic mass is 16.5. The number of pyridine rings is 1. The van der Waals surface area contributed by atoms with Crippen LogP contribution in [0.15, 0.2) is 36.9 Å². The van der Waals surface area contributed by atoms with E-state index >= 15 is 0 Å². The molecule has 1 amide bonds. The van der Waals surface area contributed by atoms with Crippen molar-refractivity contribution in [3.63, 3.8) is 0 Å². The molecule has 0 bridgehead atoms. The molecule has 0 spiro atoms. The van der Waals surface area contributed by atoms with Gasteiger partial charge in [0.15, 0.2) is 0 Å². The number of carbonyl (C=O) groups is 1. The average molecular weight is 384 g/mol. The molecule has 0 aromatic carbocycles. The van der Waals surface area contributed by atoms with Crippen molar-refractivity contribution < 1.29 is 14.3 Å². The number of aromatic nitrogens is 5. The number of imidazole rings is 1. The third-order valence-electron chi connectivity index (χ3n) is 4.17. The quantitative estimate of drug-likeness (QED) is 0.641. The van der Waals surface area contributed by atoms with Gasteiger partial charge in [0.2, 0.25) is 5.88 Å².